The Morgan fingerprint density at radius 1 is 1.11 bits per heavy atom. The third-order valence-corrected chi connectivity index (χ3v) is 5.59. The van der Waals surface area contributed by atoms with Gasteiger partial charge >= 0.3 is 0 Å². The predicted molar refractivity (Wildman–Crippen MR) is 108 cm³/mol. The Morgan fingerprint density at radius 3 is 2.70 bits per heavy atom. The summed E-state index contributed by atoms with van der Waals surface area (Å²) in [5.74, 6) is 2.09. The molecule has 5 nitrogen and oxygen atoms in total. The van der Waals surface area contributed by atoms with Crippen molar-refractivity contribution in [3.8, 4) is 16.5 Å². The molecule has 1 unspecified atom stereocenters. The second kappa shape index (κ2) is 7.50. The Balaban J connectivity index is 1.49. The number of ether oxygens (including phenoxy) is 1. The first-order valence-electron chi connectivity index (χ1n) is 8.78. The van der Waals surface area contributed by atoms with E-state index in [2.05, 4.69) is 59.4 Å². The molecule has 0 aliphatic carbocycles. The number of fused-ring (bicyclic) bond motifs is 1. The van der Waals surface area contributed by atoms with Gasteiger partial charge in [0.05, 0.1) is 18.0 Å². The lowest BCUT2D eigenvalue weighted by Gasteiger charge is -2.22. The van der Waals surface area contributed by atoms with Gasteiger partial charge in [-0.05, 0) is 60.0 Å². The van der Waals surface area contributed by atoms with Gasteiger partial charge in [0.1, 0.15) is 5.75 Å². The molecule has 2 heterocycles. The summed E-state index contributed by atoms with van der Waals surface area (Å²) in [5.41, 5.74) is 1.24. The molecule has 138 valence electrons. The lowest BCUT2D eigenvalue weighted by Crippen LogP contribution is -2.22. The minimum atomic E-state index is 0.0257. The first-order valence-corrected chi connectivity index (χ1v) is 9.66. The van der Waals surface area contributed by atoms with Gasteiger partial charge in [-0.3, -0.25) is 4.90 Å². The normalized spacial score (nSPS) is 12.6. The van der Waals surface area contributed by atoms with Crippen molar-refractivity contribution in [3.05, 3.63) is 65.4 Å². The predicted octanol–water partition coefficient (Wildman–Crippen LogP) is 5.15. The van der Waals surface area contributed by atoms with Crippen LogP contribution >= 0.6 is 11.3 Å². The number of benzene rings is 2. The quantitative estimate of drug-likeness (QED) is 0.463. The zero-order valence-corrected chi connectivity index (χ0v) is 16.4. The van der Waals surface area contributed by atoms with Crippen molar-refractivity contribution in [2.75, 3.05) is 14.2 Å². The topological polar surface area (TPSA) is 51.4 Å². The van der Waals surface area contributed by atoms with Gasteiger partial charge in [0.2, 0.25) is 5.89 Å². The molecule has 2 aromatic carbocycles. The van der Waals surface area contributed by atoms with Crippen LogP contribution < -0.4 is 4.74 Å². The van der Waals surface area contributed by atoms with Gasteiger partial charge in [-0.25, -0.2) is 0 Å². The molecule has 2 aromatic heterocycles. The van der Waals surface area contributed by atoms with E-state index >= 15 is 0 Å². The van der Waals surface area contributed by atoms with Crippen LogP contribution in [0.1, 0.15) is 24.4 Å². The Kier molecular flexibility index (Phi) is 4.92. The molecule has 1 atom stereocenters. The van der Waals surface area contributed by atoms with Crippen molar-refractivity contribution in [1.82, 2.24) is 15.1 Å². The summed E-state index contributed by atoms with van der Waals surface area (Å²) in [4.78, 5) is 3.20. The summed E-state index contributed by atoms with van der Waals surface area (Å²) < 4.78 is 11.2. The average Bonchev–Trinajstić information content (AvgIpc) is 3.38. The minimum absolute atomic E-state index is 0.0257. The summed E-state index contributed by atoms with van der Waals surface area (Å²) in [7, 11) is 3.76. The zero-order valence-electron chi connectivity index (χ0n) is 15.5. The molecule has 0 radical (unpaired) electrons. The summed E-state index contributed by atoms with van der Waals surface area (Å²) in [6, 6.07) is 16.6. The van der Waals surface area contributed by atoms with E-state index in [4.69, 9.17) is 9.15 Å². The third-order valence-electron chi connectivity index (χ3n) is 4.73. The van der Waals surface area contributed by atoms with Crippen molar-refractivity contribution < 1.29 is 9.15 Å². The first-order chi connectivity index (χ1) is 13.1. The molecule has 0 aliphatic heterocycles. The summed E-state index contributed by atoms with van der Waals surface area (Å²) in [6.45, 7) is 2.87. The standard InChI is InChI=1S/C21H21N3O2S/c1-14(20-22-23-21(26-20)19-5-4-10-27-19)24(2)13-15-6-7-17-12-18(25-3)9-8-16(17)11-15/h4-12,14H,13H2,1-3H3. The number of methoxy groups -OCH3 is 1. The van der Waals surface area contributed by atoms with Gasteiger partial charge in [-0.1, -0.05) is 24.3 Å². The molecule has 0 spiro atoms. The lowest BCUT2D eigenvalue weighted by molar-refractivity contribution is 0.218. The van der Waals surface area contributed by atoms with E-state index < -0.39 is 0 Å². The molecule has 0 fully saturated rings. The van der Waals surface area contributed by atoms with E-state index in [0.717, 1.165) is 17.2 Å². The number of hydrogen-bond donors (Lipinski definition) is 0. The maximum atomic E-state index is 5.88. The van der Waals surface area contributed by atoms with Gasteiger partial charge in [0.15, 0.2) is 0 Å². The van der Waals surface area contributed by atoms with Crippen molar-refractivity contribution in [1.29, 1.82) is 0 Å². The largest absolute Gasteiger partial charge is 0.497 e. The minimum Gasteiger partial charge on any atom is -0.497 e. The van der Waals surface area contributed by atoms with E-state index in [1.165, 1.54) is 16.3 Å². The van der Waals surface area contributed by atoms with Crippen LogP contribution in [-0.4, -0.2) is 29.3 Å². The highest BCUT2D eigenvalue weighted by Gasteiger charge is 2.19. The molecule has 0 N–H and O–H groups in total. The Bertz CT molecular complexity index is 1040. The Labute approximate surface area is 162 Å². The van der Waals surface area contributed by atoms with Gasteiger partial charge in [-0.2, -0.15) is 0 Å². The van der Waals surface area contributed by atoms with Crippen LogP contribution in [0.25, 0.3) is 21.5 Å². The second-order valence-electron chi connectivity index (χ2n) is 6.56. The molecular weight excluding hydrogens is 358 g/mol. The zero-order chi connectivity index (χ0) is 18.8. The van der Waals surface area contributed by atoms with Gasteiger partial charge < -0.3 is 9.15 Å². The van der Waals surface area contributed by atoms with Gasteiger partial charge in [0, 0.05) is 6.54 Å². The first kappa shape index (κ1) is 17.7. The molecular formula is C21H21N3O2S. The molecule has 6 heteroatoms. The van der Waals surface area contributed by atoms with Crippen LogP contribution in [0.2, 0.25) is 0 Å². The molecule has 4 aromatic rings. The molecule has 27 heavy (non-hydrogen) atoms. The number of rotatable bonds is 6. The van der Waals surface area contributed by atoms with Crippen LogP contribution in [0, 0.1) is 0 Å². The second-order valence-corrected chi connectivity index (χ2v) is 7.51. The highest BCUT2D eigenvalue weighted by molar-refractivity contribution is 7.13. The Morgan fingerprint density at radius 2 is 1.93 bits per heavy atom. The Hall–Kier alpha value is -2.70. The summed E-state index contributed by atoms with van der Waals surface area (Å²) in [5, 5.41) is 12.8. The SMILES string of the molecule is COc1ccc2cc(CN(C)C(C)c3nnc(-c4cccs4)o3)ccc2c1. The molecule has 0 saturated heterocycles. The monoisotopic (exact) mass is 379 g/mol. The van der Waals surface area contributed by atoms with Crippen LogP contribution in [0.3, 0.4) is 0 Å². The van der Waals surface area contributed by atoms with E-state index in [1.54, 1.807) is 18.4 Å². The van der Waals surface area contributed by atoms with Crippen molar-refractivity contribution in [3.63, 3.8) is 0 Å². The van der Waals surface area contributed by atoms with Crippen molar-refractivity contribution in [2.24, 2.45) is 0 Å². The smallest absolute Gasteiger partial charge is 0.257 e. The number of hydrogen-bond acceptors (Lipinski definition) is 6. The van der Waals surface area contributed by atoms with E-state index in [1.807, 2.05) is 23.6 Å². The van der Waals surface area contributed by atoms with Crippen LogP contribution in [0.4, 0.5) is 0 Å². The van der Waals surface area contributed by atoms with E-state index in [9.17, 15) is 0 Å². The van der Waals surface area contributed by atoms with Crippen LogP contribution in [0.5, 0.6) is 5.75 Å². The fourth-order valence-electron chi connectivity index (χ4n) is 3.02. The number of nitrogens with zero attached hydrogens (tertiary/aromatic N) is 3. The summed E-state index contributed by atoms with van der Waals surface area (Å²) >= 11 is 1.60. The number of thiophene rings is 1. The van der Waals surface area contributed by atoms with Crippen LogP contribution in [-0.2, 0) is 6.54 Å². The van der Waals surface area contributed by atoms with Gasteiger partial charge in [0.25, 0.3) is 5.89 Å². The highest BCUT2D eigenvalue weighted by Crippen LogP contribution is 2.28. The van der Waals surface area contributed by atoms with Crippen molar-refractivity contribution >= 4 is 22.1 Å². The lowest BCUT2D eigenvalue weighted by atomic mass is 10.1. The molecule has 0 aliphatic rings. The third kappa shape index (κ3) is 3.72. The molecule has 0 amide bonds. The average molecular weight is 379 g/mol. The van der Waals surface area contributed by atoms with E-state index in [0.29, 0.717) is 11.8 Å². The van der Waals surface area contributed by atoms with E-state index in [-0.39, 0.29) is 6.04 Å². The highest BCUT2D eigenvalue weighted by atomic mass is 32.1. The molecule has 0 saturated carbocycles. The number of aromatic nitrogens is 2. The van der Waals surface area contributed by atoms with Crippen molar-refractivity contribution in [2.45, 2.75) is 19.5 Å². The summed E-state index contributed by atoms with van der Waals surface area (Å²) in [6.07, 6.45) is 0. The molecule has 4 rings (SSSR count). The van der Waals surface area contributed by atoms with Gasteiger partial charge in [-0.15, -0.1) is 21.5 Å². The maximum Gasteiger partial charge on any atom is 0.257 e. The fourth-order valence-corrected chi connectivity index (χ4v) is 3.66. The maximum absolute atomic E-state index is 5.88. The van der Waals surface area contributed by atoms with Crippen LogP contribution in [0.15, 0.2) is 58.3 Å². The molecule has 0 bridgehead atoms. The fraction of sp³-hybridized carbons (Fsp3) is 0.238.